The van der Waals surface area contributed by atoms with E-state index in [-0.39, 0.29) is 10.3 Å². The first-order valence-corrected chi connectivity index (χ1v) is 11.7. The van der Waals surface area contributed by atoms with Gasteiger partial charge in [-0.25, -0.2) is 8.42 Å². The van der Waals surface area contributed by atoms with Crippen molar-refractivity contribution in [3.05, 3.63) is 81.4 Å². The van der Waals surface area contributed by atoms with Gasteiger partial charge in [0.2, 0.25) is 5.43 Å². The Balaban J connectivity index is 2.02. The second kappa shape index (κ2) is 7.74. The molecule has 0 N–H and O–H groups in total. The van der Waals surface area contributed by atoms with Crippen molar-refractivity contribution < 1.29 is 17.6 Å². The van der Waals surface area contributed by atoms with Gasteiger partial charge in [-0.3, -0.25) is 4.79 Å². The lowest BCUT2D eigenvalue weighted by Gasteiger charge is -2.12. The maximum Gasteiger partial charge on any atom is 0.201 e. The average molecular weight is 485 g/mol. The fourth-order valence-corrected chi connectivity index (χ4v) is 4.45. The molecule has 0 aliphatic rings. The van der Waals surface area contributed by atoms with Crippen LogP contribution in [0.15, 0.2) is 85.3 Å². The molecule has 0 amide bonds. The second-order valence-corrected chi connectivity index (χ2v) is 9.65. The van der Waals surface area contributed by atoms with Crippen LogP contribution in [0.2, 0.25) is 0 Å². The zero-order valence-electron chi connectivity index (χ0n) is 16.2. The molecule has 0 aliphatic heterocycles. The first kappa shape index (κ1) is 20.4. The number of rotatable bonds is 4. The van der Waals surface area contributed by atoms with Crippen LogP contribution in [0, 0.1) is 0 Å². The van der Waals surface area contributed by atoms with Crippen molar-refractivity contribution >= 4 is 36.7 Å². The van der Waals surface area contributed by atoms with Crippen LogP contribution in [0.3, 0.4) is 0 Å². The summed E-state index contributed by atoms with van der Waals surface area (Å²) in [6, 6.07) is 18.7. The van der Waals surface area contributed by atoms with Crippen molar-refractivity contribution in [3.8, 4) is 28.2 Å². The highest BCUT2D eigenvalue weighted by Gasteiger charge is 2.19. The highest BCUT2D eigenvalue weighted by atomic mass is 79.9. The minimum Gasteiger partial charge on any atom is -0.496 e. The quantitative estimate of drug-likeness (QED) is 0.392. The molecule has 0 spiro atoms. The molecule has 1 heterocycles. The first-order chi connectivity index (χ1) is 14.3. The van der Waals surface area contributed by atoms with Gasteiger partial charge in [0.1, 0.15) is 17.1 Å². The van der Waals surface area contributed by atoms with Crippen molar-refractivity contribution in [2.24, 2.45) is 0 Å². The molecule has 0 aliphatic carbocycles. The highest BCUT2D eigenvalue weighted by molar-refractivity contribution is 9.10. The van der Waals surface area contributed by atoms with E-state index in [2.05, 4.69) is 15.9 Å². The van der Waals surface area contributed by atoms with Gasteiger partial charge < -0.3 is 9.15 Å². The van der Waals surface area contributed by atoms with Gasteiger partial charge in [0.05, 0.1) is 27.4 Å². The number of hydrogen-bond donors (Lipinski definition) is 0. The molecular formula is C23H17BrO5S. The smallest absolute Gasteiger partial charge is 0.201 e. The highest BCUT2D eigenvalue weighted by Crippen LogP contribution is 2.36. The summed E-state index contributed by atoms with van der Waals surface area (Å²) in [7, 11) is -1.76. The number of methoxy groups -OCH3 is 1. The molecule has 7 heteroatoms. The van der Waals surface area contributed by atoms with Gasteiger partial charge in [0.15, 0.2) is 9.84 Å². The largest absolute Gasteiger partial charge is 0.496 e. The van der Waals surface area contributed by atoms with Gasteiger partial charge in [-0.2, -0.15) is 0 Å². The van der Waals surface area contributed by atoms with Gasteiger partial charge >= 0.3 is 0 Å². The average Bonchev–Trinajstić information content (AvgIpc) is 2.73. The molecule has 0 radical (unpaired) electrons. The van der Waals surface area contributed by atoms with Crippen LogP contribution in [0.5, 0.6) is 5.75 Å². The topological polar surface area (TPSA) is 73.6 Å². The summed E-state index contributed by atoms with van der Waals surface area (Å²) in [5.74, 6) is 1.01. The van der Waals surface area contributed by atoms with Crippen LogP contribution in [-0.2, 0) is 9.84 Å². The SMILES string of the molecule is COc1ccc(-c2c(-c3ccc(S(C)(=O)=O)cc3)oc3ccccc3c2=O)cc1Br. The summed E-state index contributed by atoms with van der Waals surface area (Å²) in [6.07, 6.45) is 1.15. The molecule has 30 heavy (non-hydrogen) atoms. The Kier molecular flexibility index (Phi) is 5.26. The van der Waals surface area contributed by atoms with Crippen molar-refractivity contribution in [1.82, 2.24) is 0 Å². The Labute approximate surface area is 182 Å². The first-order valence-electron chi connectivity index (χ1n) is 9.00. The molecule has 4 rings (SSSR count). The third kappa shape index (κ3) is 3.66. The second-order valence-electron chi connectivity index (χ2n) is 6.78. The third-order valence-electron chi connectivity index (χ3n) is 4.78. The van der Waals surface area contributed by atoms with Crippen LogP contribution in [0.4, 0.5) is 0 Å². The Bertz CT molecular complexity index is 1420. The zero-order chi connectivity index (χ0) is 21.5. The number of hydrogen-bond acceptors (Lipinski definition) is 5. The van der Waals surface area contributed by atoms with E-state index in [9.17, 15) is 13.2 Å². The number of para-hydroxylation sites is 1. The van der Waals surface area contributed by atoms with Gasteiger partial charge in [0.25, 0.3) is 0 Å². The molecule has 4 aromatic rings. The van der Waals surface area contributed by atoms with Crippen molar-refractivity contribution in [2.45, 2.75) is 4.90 Å². The summed E-state index contributed by atoms with van der Waals surface area (Å²) in [4.78, 5) is 13.6. The van der Waals surface area contributed by atoms with E-state index in [1.54, 1.807) is 61.7 Å². The van der Waals surface area contributed by atoms with E-state index in [1.165, 1.54) is 12.1 Å². The lowest BCUT2D eigenvalue weighted by atomic mass is 9.98. The molecule has 1 aromatic heterocycles. The molecule has 0 atom stereocenters. The molecule has 3 aromatic carbocycles. The molecule has 0 fully saturated rings. The van der Waals surface area contributed by atoms with Crippen molar-refractivity contribution in [3.63, 3.8) is 0 Å². The third-order valence-corrected chi connectivity index (χ3v) is 6.53. The normalized spacial score (nSPS) is 11.6. The predicted molar refractivity (Wildman–Crippen MR) is 121 cm³/mol. The standard InChI is InChI=1S/C23H17BrO5S/c1-28-20-12-9-15(13-18(20)24)21-22(25)17-5-3-4-6-19(17)29-23(21)14-7-10-16(11-8-14)30(2,26)27/h3-13H,1-2H3. The Morgan fingerprint density at radius 1 is 0.933 bits per heavy atom. The summed E-state index contributed by atoms with van der Waals surface area (Å²) < 4.78 is 35.7. The van der Waals surface area contributed by atoms with Gasteiger partial charge in [-0.15, -0.1) is 0 Å². The van der Waals surface area contributed by atoms with Crippen molar-refractivity contribution in [2.75, 3.05) is 13.4 Å². The van der Waals surface area contributed by atoms with Crippen molar-refractivity contribution in [1.29, 1.82) is 0 Å². The van der Waals surface area contributed by atoms with Crippen LogP contribution >= 0.6 is 15.9 Å². The Hall–Kier alpha value is -2.90. The predicted octanol–water partition coefficient (Wildman–Crippen LogP) is 5.30. The minimum absolute atomic E-state index is 0.170. The number of sulfone groups is 1. The van der Waals surface area contributed by atoms with E-state index in [0.717, 1.165) is 6.26 Å². The van der Waals surface area contributed by atoms with Gasteiger partial charge in [-0.1, -0.05) is 18.2 Å². The summed E-state index contributed by atoms with van der Waals surface area (Å²) >= 11 is 3.47. The lowest BCUT2D eigenvalue weighted by Crippen LogP contribution is -2.07. The Morgan fingerprint density at radius 2 is 1.60 bits per heavy atom. The maximum atomic E-state index is 13.4. The van der Waals surface area contributed by atoms with Gasteiger partial charge in [-0.05, 0) is 70.0 Å². The van der Waals surface area contributed by atoms with E-state index < -0.39 is 9.84 Å². The molecule has 152 valence electrons. The lowest BCUT2D eigenvalue weighted by molar-refractivity contribution is 0.412. The fraction of sp³-hybridized carbons (Fsp3) is 0.0870. The summed E-state index contributed by atoms with van der Waals surface area (Å²) in [5.41, 5.74) is 1.94. The van der Waals surface area contributed by atoms with Crippen LogP contribution in [-0.4, -0.2) is 21.8 Å². The van der Waals surface area contributed by atoms with E-state index in [4.69, 9.17) is 9.15 Å². The zero-order valence-corrected chi connectivity index (χ0v) is 18.6. The number of fused-ring (bicyclic) bond motifs is 1. The number of halogens is 1. The maximum absolute atomic E-state index is 13.4. The monoisotopic (exact) mass is 484 g/mol. The fourth-order valence-electron chi connectivity index (χ4n) is 3.28. The van der Waals surface area contributed by atoms with E-state index in [0.29, 0.717) is 43.6 Å². The Morgan fingerprint density at radius 3 is 2.23 bits per heavy atom. The van der Waals surface area contributed by atoms with Crippen LogP contribution in [0.25, 0.3) is 33.4 Å². The van der Waals surface area contributed by atoms with Crippen LogP contribution < -0.4 is 10.2 Å². The molecule has 0 saturated carbocycles. The molecular weight excluding hydrogens is 468 g/mol. The van der Waals surface area contributed by atoms with E-state index >= 15 is 0 Å². The minimum atomic E-state index is -3.33. The number of benzene rings is 3. The molecule has 5 nitrogen and oxygen atoms in total. The van der Waals surface area contributed by atoms with Gasteiger partial charge in [0, 0.05) is 11.8 Å². The van der Waals surface area contributed by atoms with Crippen LogP contribution in [0.1, 0.15) is 0 Å². The molecule has 0 bridgehead atoms. The molecule has 0 saturated heterocycles. The summed E-state index contributed by atoms with van der Waals surface area (Å²) in [5, 5.41) is 0.468. The number of ether oxygens (including phenoxy) is 1. The summed E-state index contributed by atoms with van der Waals surface area (Å²) in [6.45, 7) is 0. The molecule has 0 unspecified atom stereocenters. The van der Waals surface area contributed by atoms with E-state index in [1.807, 2.05) is 0 Å².